The van der Waals surface area contributed by atoms with Crippen LogP contribution in [0.5, 0.6) is 0 Å². The highest BCUT2D eigenvalue weighted by Gasteiger charge is 2.10. The van der Waals surface area contributed by atoms with Gasteiger partial charge in [0.25, 0.3) is 0 Å². The Labute approximate surface area is 90.5 Å². The smallest absolute Gasteiger partial charge is 0.218 e. The first-order valence-corrected chi connectivity index (χ1v) is 4.57. The molecule has 0 spiro atoms. The van der Waals surface area contributed by atoms with Gasteiger partial charge in [-0.15, -0.1) is 5.10 Å². The fourth-order valence-corrected chi connectivity index (χ4v) is 1.43. The van der Waals surface area contributed by atoms with Crippen LogP contribution in [0.25, 0.3) is 11.4 Å². The van der Waals surface area contributed by atoms with Crippen molar-refractivity contribution in [2.24, 2.45) is 7.05 Å². The summed E-state index contributed by atoms with van der Waals surface area (Å²) in [4.78, 5) is 3.99. The second-order valence-electron chi connectivity index (χ2n) is 3.04. The second kappa shape index (κ2) is 3.51. The van der Waals surface area contributed by atoms with E-state index in [9.17, 15) is 4.39 Å². The molecular weight excluding hydrogens is 219 g/mol. The zero-order valence-electron chi connectivity index (χ0n) is 7.91. The summed E-state index contributed by atoms with van der Waals surface area (Å²) in [6.45, 7) is 0. The van der Waals surface area contributed by atoms with Crippen molar-refractivity contribution in [3.8, 4) is 11.4 Å². The topological polar surface area (TPSA) is 56.7 Å². The fourth-order valence-electron chi connectivity index (χ4n) is 1.18. The van der Waals surface area contributed by atoms with Crippen molar-refractivity contribution >= 4 is 17.5 Å². The lowest BCUT2D eigenvalue weighted by Gasteiger charge is -1.98. The number of nitrogens with zero attached hydrogens (tertiary/aromatic N) is 3. The summed E-state index contributed by atoms with van der Waals surface area (Å²) >= 11 is 5.86. The number of hydrogen-bond acceptors (Lipinski definition) is 3. The third kappa shape index (κ3) is 1.78. The van der Waals surface area contributed by atoms with Crippen molar-refractivity contribution in [3.05, 3.63) is 29.0 Å². The highest BCUT2D eigenvalue weighted by atomic mass is 35.5. The molecule has 1 aromatic carbocycles. The predicted molar refractivity (Wildman–Crippen MR) is 55.8 cm³/mol. The molecule has 0 aliphatic carbocycles. The van der Waals surface area contributed by atoms with Gasteiger partial charge in [0.15, 0.2) is 5.82 Å². The maximum Gasteiger partial charge on any atom is 0.218 e. The standard InChI is InChI=1S/C9H8ClFN4/c1-15-9(12)13-8(14-15)6-3-2-5(11)4-7(6)10/h2-4H,1H3,(H2,12,13,14). The average Bonchev–Trinajstić information content (AvgIpc) is 2.46. The average molecular weight is 227 g/mol. The minimum absolute atomic E-state index is 0.264. The van der Waals surface area contributed by atoms with Crippen LogP contribution in [-0.2, 0) is 7.05 Å². The number of halogens is 2. The van der Waals surface area contributed by atoms with Crippen LogP contribution in [0.2, 0.25) is 5.02 Å². The molecule has 0 amide bonds. The molecule has 0 atom stereocenters. The monoisotopic (exact) mass is 226 g/mol. The third-order valence-corrected chi connectivity index (χ3v) is 2.28. The third-order valence-electron chi connectivity index (χ3n) is 1.97. The van der Waals surface area contributed by atoms with Crippen LogP contribution in [0.3, 0.4) is 0 Å². The summed E-state index contributed by atoms with van der Waals surface area (Å²) < 4.78 is 14.2. The van der Waals surface area contributed by atoms with Crippen molar-refractivity contribution in [1.29, 1.82) is 0 Å². The van der Waals surface area contributed by atoms with Gasteiger partial charge in [0.1, 0.15) is 5.82 Å². The van der Waals surface area contributed by atoms with Gasteiger partial charge in [-0.25, -0.2) is 9.07 Å². The molecular formula is C9H8ClFN4. The maximum atomic E-state index is 12.8. The van der Waals surface area contributed by atoms with E-state index < -0.39 is 5.82 Å². The Morgan fingerprint density at radius 3 is 2.73 bits per heavy atom. The predicted octanol–water partition coefficient (Wildman–Crippen LogP) is 1.86. The molecule has 0 radical (unpaired) electrons. The van der Waals surface area contributed by atoms with Gasteiger partial charge < -0.3 is 5.73 Å². The minimum Gasteiger partial charge on any atom is -0.368 e. The molecule has 0 unspecified atom stereocenters. The van der Waals surface area contributed by atoms with Crippen LogP contribution in [0.4, 0.5) is 10.3 Å². The van der Waals surface area contributed by atoms with Gasteiger partial charge in [-0.2, -0.15) is 4.98 Å². The summed E-state index contributed by atoms with van der Waals surface area (Å²) in [7, 11) is 1.67. The fraction of sp³-hybridized carbons (Fsp3) is 0.111. The molecule has 2 aromatic rings. The minimum atomic E-state index is -0.396. The first-order valence-electron chi connectivity index (χ1n) is 4.20. The van der Waals surface area contributed by atoms with Crippen LogP contribution in [0, 0.1) is 5.82 Å². The summed E-state index contributed by atoms with van der Waals surface area (Å²) in [5, 5.41) is 4.31. The SMILES string of the molecule is Cn1nc(-c2ccc(F)cc2Cl)nc1N. The van der Waals surface area contributed by atoms with E-state index in [4.69, 9.17) is 17.3 Å². The van der Waals surface area contributed by atoms with Crippen molar-refractivity contribution in [2.75, 3.05) is 5.73 Å². The van der Waals surface area contributed by atoms with Gasteiger partial charge in [0.05, 0.1) is 5.02 Å². The molecule has 1 aromatic heterocycles. The molecule has 0 saturated heterocycles. The first kappa shape index (κ1) is 9.92. The van der Waals surface area contributed by atoms with E-state index in [-0.39, 0.29) is 11.0 Å². The number of nitrogen functional groups attached to an aromatic ring is 1. The second-order valence-corrected chi connectivity index (χ2v) is 3.45. The Bertz CT molecular complexity index is 489. The van der Waals surface area contributed by atoms with Gasteiger partial charge in [-0.1, -0.05) is 11.6 Å². The lowest BCUT2D eigenvalue weighted by Crippen LogP contribution is -1.97. The first-order chi connectivity index (χ1) is 7.08. The summed E-state index contributed by atoms with van der Waals surface area (Å²) in [6, 6.07) is 4.03. The van der Waals surface area contributed by atoms with Crippen molar-refractivity contribution in [3.63, 3.8) is 0 Å². The molecule has 15 heavy (non-hydrogen) atoms. The van der Waals surface area contributed by atoms with Crippen molar-refractivity contribution in [1.82, 2.24) is 14.8 Å². The van der Waals surface area contributed by atoms with E-state index in [1.165, 1.54) is 22.9 Å². The van der Waals surface area contributed by atoms with Gasteiger partial charge >= 0.3 is 0 Å². The normalized spacial score (nSPS) is 10.6. The highest BCUT2D eigenvalue weighted by molar-refractivity contribution is 6.33. The molecule has 2 N–H and O–H groups in total. The van der Waals surface area contributed by atoms with Crippen molar-refractivity contribution in [2.45, 2.75) is 0 Å². The summed E-state index contributed by atoms with van der Waals surface area (Å²) in [5.41, 5.74) is 6.09. The summed E-state index contributed by atoms with van der Waals surface area (Å²) in [6.07, 6.45) is 0. The Morgan fingerprint density at radius 2 is 2.20 bits per heavy atom. The number of aryl methyl sites for hydroxylation is 1. The maximum absolute atomic E-state index is 12.8. The molecule has 6 heteroatoms. The van der Waals surface area contributed by atoms with E-state index in [1.807, 2.05) is 0 Å². The Kier molecular flexibility index (Phi) is 2.32. The van der Waals surface area contributed by atoms with Crippen LogP contribution in [0.1, 0.15) is 0 Å². The van der Waals surface area contributed by atoms with Crippen molar-refractivity contribution < 1.29 is 4.39 Å². The van der Waals surface area contributed by atoms with E-state index in [0.29, 0.717) is 11.4 Å². The quantitative estimate of drug-likeness (QED) is 0.808. The lowest BCUT2D eigenvalue weighted by molar-refractivity contribution is 0.628. The number of hydrogen-bond donors (Lipinski definition) is 1. The van der Waals surface area contributed by atoms with E-state index in [0.717, 1.165) is 0 Å². The molecule has 1 heterocycles. The number of nitrogens with two attached hydrogens (primary N) is 1. The molecule has 78 valence electrons. The zero-order chi connectivity index (χ0) is 11.0. The van der Waals surface area contributed by atoms with Crippen LogP contribution < -0.4 is 5.73 Å². The van der Waals surface area contributed by atoms with Gasteiger partial charge in [0.2, 0.25) is 5.95 Å². The number of rotatable bonds is 1. The Morgan fingerprint density at radius 1 is 1.47 bits per heavy atom. The Balaban J connectivity index is 2.54. The van der Waals surface area contributed by atoms with E-state index in [2.05, 4.69) is 10.1 Å². The molecule has 4 nitrogen and oxygen atoms in total. The van der Waals surface area contributed by atoms with E-state index in [1.54, 1.807) is 7.05 Å². The van der Waals surface area contributed by atoms with Gasteiger partial charge in [-0.05, 0) is 18.2 Å². The summed E-state index contributed by atoms with van der Waals surface area (Å²) in [5.74, 6) is 0.276. The highest BCUT2D eigenvalue weighted by Crippen LogP contribution is 2.26. The number of benzene rings is 1. The van der Waals surface area contributed by atoms with Crippen LogP contribution >= 0.6 is 11.6 Å². The lowest BCUT2D eigenvalue weighted by atomic mass is 10.2. The number of anilines is 1. The molecule has 0 fully saturated rings. The number of aromatic nitrogens is 3. The molecule has 0 saturated carbocycles. The van der Waals surface area contributed by atoms with Gasteiger partial charge in [0, 0.05) is 12.6 Å². The zero-order valence-corrected chi connectivity index (χ0v) is 8.66. The molecule has 0 aliphatic heterocycles. The largest absolute Gasteiger partial charge is 0.368 e. The Hall–Kier alpha value is -1.62. The molecule has 2 rings (SSSR count). The van der Waals surface area contributed by atoms with Gasteiger partial charge in [-0.3, -0.25) is 0 Å². The molecule has 0 bridgehead atoms. The van der Waals surface area contributed by atoms with Crippen LogP contribution in [-0.4, -0.2) is 14.8 Å². The van der Waals surface area contributed by atoms with E-state index >= 15 is 0 Å². The molecule has 0 aliphatic rings. The van der Waals surface area contributed by atoms with Crippen LogP contribution in [0.15, 0.2) is 18.2 Å².